The summed E-state index contributed by atoms with van der Waals surface area (Å²) in [5.41, 5.74) is 3.68. The molecule has 0 aliphatic rings. The molecule has 0 bridgehead atoms. The number of nitrogens with one attached hydrogen (secondary N) is 2. The summed E-state index contributed by atoms with van der Waals surface area (Å²) in [7, 11) is 0. The number of azo groups is 1. The second kappa shape index (κ2) is 8.23. The Morgan fingerprint density at radius 1 is 0.758 bits per heavy atom. The quantitative estimate of drug-likeness (QED) is 0.399. The van der Waals surface area contributed by atoms with Crippen LogP contribution < -0.4 is 11.1 Å². The molecule has 4 rings (SSSR count). The summed E-state index contributed by atoms with van der Waals surface area (Å²) < 4.78 is 2.63. The van der Waals surface area contributed by atoms with E-state index in [1.165, 1.54) is 33.6 Å². The smallest absolute Gasteiger partial charge is 0.335 e. The topological polar surface area (TPSA) is 138 Å². The van der Waals surface area contributed by atoms with Gasteiger partial charge in [0.25, 0.3) is 11.1 Å². The first kappa shape index (κ1) is 21.8. The number of H-pyrrole nitrogens is 2. The van der Waals surface area contributed by atoms with Crippen molar-refractivity contribution in [3.8, 4) is 11.4 Å². The maximum atomic E-state index is 12.9. The number of benzene rings is 2. The molecule has 0 unspecified atom stereocenters. The van der Waals surface area contributed by atoms with Gasteiger partial charge >= 0.3 is 5.97 Å². The predicted octanol–water partition coefficient (Wildman–Crippen LogP) is 3.99. The minimum Gasteiger partial charge on any atom is -0.478 e. The maximum Gasteiger partial charge on any atom is 0.335 e. The zero-order valence-corrected chi connectivity index (χ0v) is 18.5. The fourth-order valence-electron chi connectivity index (χ4n) is 3.39. The van der Waals surface area contributed by atoms with E-state index in [0.717, 1.165) is 11.1 Å². The van der Waals surface area contributed by atoms with Gasteiger partial charge in [0.05, 0.1) is 28.3 Å². The van der Waals surface area contributed by atoms with Gasteiger partial charge in [0, 0.05) is 0 Å². The van der Waals surface area contributed by atoms with Crippen LogP contribution in [0.5, 0.6) is 0 Å². The minimum atomic E-state index is -1.06. The molecule has 0 radical (unpaired) electrons. The molecule has 2 heterocycles. The van der Waals surface area contributed by atoms with Crippen LogP contribution in [0.2, 0.25) is 0 Å². The van der Waals surface area contributed by atoms with Crippen molar-refractivity contribution >= 4 is 17.3 Å². The van der Waals surface area contributed by atoms with Gasteiger partial charge < -0.3 is 5.11 Å². The Labute approximate surface area is 187 Å². The van der Waals surface area contributed by atoms with Crippen LogP contribution in [-0.2, 0) is 0 Å². The molecular formula is C23H22N6O4. The number of carboxylic acid groups (broad SMARTS) is 1. The van der Waals surface area contributed by atoms with Crippen molar-refractivity contribution in [2.24, 2.45) is 10.2 Å². The summed E-state index contributed by atoms with van der Waals surface area (Å²) in [6.45, 7) is 7.33. The number of aromatic amines is 2. The molecule has 4 aromatic rings. The van der Waals surface area contributed by atoms with E-state index in [1.54, 1.807) is 13.8 Å². The van der Waals surface area contributed by atoms with Gasteiger partial charge in [-0.05, 0) is 75.2 Å². The van der Waals surface area contributed by atoms with Gasteiger partial charge in [-0.15, -0.1) is 10.2 Å². The minimum absolute atomic E-state index is 0.0510. The zero-order chi connectivity index (χ0) is 23.9. The van der Waals surface area contributed by atoms with Gasteiger partial charge in [0.1, 0.15) is 0 Å². The summed E-state index contributed by atoms with van der Waals surface area (Å²) in [4.78, 5) is 36.8. The van der Waals surface area contributed by atoms with Crippen molar-refractivity contribution in [3.63, 3.8) is 0 Å². The summed E-state index contributed by atoms with van der Waals surface area (Å²) >= 11 is 0. The SMILES string of the molecule is Cc1ccc(-n2[nH]c(C)c(N=Nc3c(C)[nH]n(-c4ccc(C(=O)O)cc4)c3=O)c2=O)cc1C. The largest absolute Gasteiger partial charge is 0.478 e. The van der Waals surface area contributed by atoms with E-state index in [4.69, 9.17) is 5.11 Å². The number of aromatic carboxylic acids is 1. The Balaban J connectivity index is 1.70. The lowest BCUT2D eigenvalue weighted by molar-refractivity contribution is 0.0697. The molecule has 0 fully saturated rings. The van der Waals surface area contributed by atoms with Gasteiger partial charge in [-0.3, -0.25) is 19.8 Å². The average molecular weight is 446 g/mol. The van der Waals surface area contributed by atoms with Crippen LogP contribution in [-0.4, -0.2) is 30.6 Å². The number of aromatic nitrogens is 4. The van der Waals surface area contributed by atoms with Crippen LogP contribution in [0.4, 0.5) is 11.4 Å². The second-order valence-corrected chi connectivity index (χ2v) is 7.77. The molecule has 0 spiro atoms. The highest BCUT2D eigenvalue weighted by Crippen LogP contribution is 2.20. The van der Waals surface area contributed by atoms with E-state index in [1.807, 2.05) is 32.0 Å². The van der Waals surface area contributed by atoms with Crippen LogP contribution in [0.25, 0.3) is 11.4 Å². The van der Waals surface area contributed by atoms with Gasteiger partial charge in [-0.25, -0.2) is 14.2 Å². The Hall–Kier alpha value is -4.47. The fourth-order valence-corrected chi connectivity index (χ4v) is 3.39. The van der Waals surface area contributed by atoms with Crippen molar-refractivity contribution in [2.45, 2.75) is 27.7 Å². The standard InChI is InChI=1S/C23H22N6O4/c1-12-5-8-18(11-13(12)2)29-22(31)20(15(4)27-29)25-24-19-14(3)26-28(21(19)30)17-9-6-16(7-10-17)23(32)33/h5-11,26-27H,1-4H3,(H,32,33). The first-order valence-electron chi connectivity index (χ1n) is 10.1. The number of hydrogen-bond acceptors (Lipinski definition) is 5. The van der Waals surface area contributed by atoms with E-state index in [0.29, 0.717) is 22.8 Å². The molecule has 3 N–H and O–H groups in total. The van der Waals surface area contributed by atoms with E-state index in [-0.39, 0.29) is 22.5 Å². The molecule has 0 saturated carbocycles. The van der Waals surface area contributed by atoms with Crippen LogP contribution in [0.1, 0.15) is 32.9 Å². The van der Waals surface area contributed by atoms with E-state index >= 15 is 0 Å². The molecule has 10 nitrogen and oxygen atoms in total. The van der Waals surface area contributed by atoms with Crippen LogP contribution in [0.3, 0.4) is 0 Å². The van der Waals surface area contributed by atoms with Gasteiger partial charge in [0.15, 0.2) is 11.4 Å². The number of carboxylic acids is 1. The molecule has 33 heavy (non-hydrogen) atoms. The van der Waals surface area contributed by atoms with E-state index in [2.05, 4.69) is 20.4 Å². The van der Waals surface area contributed by atoms with Crippen LogP contribution in [0, 0.1) is 27.7 Å². The predicted molar refractivity (Wildman–Crippen MR) is 123 cm³/mol. The third-order valence-electron chi connectivity index (χ3n) is 5.45. The lowest BCUT2D eigenvalue weighted by Gasteiger charge is -2.05. The van der Waals surface area contributed by atoms with Crippen molar-refractivity contribution in [1.29, 1.82) is 0 Å². The molecule has 0 aliphatic heterocycles. The van der Waals surface area contributed by atoms with Crippen molar-refractivity contribution in [2.75, 3.05) is 0 Å². The number of rotatable bonds is 5. The fraction of sp³-hybridized carbons (Fsp3) is 0.174. The summed E-state index contributed by atoms with van der Waals surface area (Å²) in [6, 6.07) is 11.5. The normalized spacial score (nSPS) is 11.4. The highest BCUT2D eigenvalue weighted by Gasteiger charge is 2.16. The average Bonchev–Trinajstić information content (AvgIpc) is 3.23. The highest BCUT2D eigenvalue weighted by molar-refractivity contribution is 5.87. The Morgan fingerprint density at radius 3 is 1.73 bits per heavy atom. The van der Waals surface area contributed by atoms with Crippen molar-refractivity contribution in [3.05, 3.63) is 91.3 Å². The summed E-state index contributed by atoms with van der Waals surface area (Å²) in [5.74, 6) is -1.06. The van der Waals surface area contributed by atoms with Crippen LogP contribution >= 0.6 is 0 Å². The monoisotopic (exact) mass is 446 g/mol. The molecule has 0 atom stereocenters. The first-order valence-corrected chi connectivity index (χ1v) is 10.1. The van der Waals surface area contributed by atoms with Gasteiger partial charge in [0.2, 0.25) is 0 Å². The van der Waals surface area contributed by atoms with E-state index in [9.17, 15) is 14.4 Å². The zero-order valence-electron chi connectivity index (χ0n) is 18.5. The number of hydrogen-bond donors (Lipinski definition) is 3. The Kier molecular flexibility index (Phi) is 5.42. The summed E-state index contributed by atoms with van der Waals surface area (Å²) in [5, 5.41) is 23.1. The van der Waals surface area contributed by atoms with Gasteiger partial charge in [-0.1, -0.05) is 6.07 Å². The third-order valence-corrected chi connectivity index (χ3v) is 5.45. The molecule has 10 heteroatoms. The van der Waals surface area contributed by atoms with Crippen molar-refractivity contribution in [1.82, 2.24) is 19.6 Å². The number of aryl methyl sites for hydroxylation is 4. The Morgan fingerprint density at radius 2 is 1.24 bits per heavy atom. The first-order chi connectivity index (χ1) is 15.7. The molecule has 168 valence electrons. The van der Waals surface area contributed by atoms with Gasteiger partial charge in [-0.2, -0.15) is 0 Å². The molecule has 0 aliphatic carbocycles. The maximum absolute atomic E-state index is 12.9. The molecule has 0 saturated heterocycles. The molecule has 2 aromatic heterocycles. The summed E-state index contributed by atoms with van der Waals surface area (Å²) in [6.07, 6.45) is 0. The number of nitrogens with zero attached hydrogens (tertiary/aromatic N) is 4. The van der Waals surface area contributed by atoms with E-state index < -0.39 is 11.5 Å². The lowest BCUT2D eigenvalue weighted by atomic mass is 10.1. The molecule has 0 amide bonds. The van der Waals surface area contributed by atoms with Crippen LogP contribution in [0.15, 0.2) is 62.3 Å². The molecular weight excluding hydrogens is 424 g/mol. The lowest BCUT2D eigenvalue weighted by Crippen LogP contribution is -2.14. The molecule has 2 aromatic carbocycles. The second-order valence-electron chi connectivity index (χ2n) is 7.77. The third kappa shape index (κ3) is 3.93. The van der Waals surface area contributed by atoms with Crippen molar-refractivity contribution < 1.29 is 9.90 Å². The number of carbonyl (C=O) groups is 1. The highest BCUT2D eigenvalue weighted by atomic mass is 16.4. The Bertz CT molecular complexity index is 1520.